The Hall–Kier alpha value is -1.27. The van der Waals surface area contributed by atoms with Gasteiger partial charge in [-0.3, -0.25) is 4.90 Å². The second-order valence-corrected chi connectivity index (χ2v) is 6.17. The number of nitrogens with zero attached hydrogens (tertiary/aromatic N) is 4. The predicted octanol–water partition coefficient (Wildman–Crippen LogP) is 1.70. The van der Waals surface area contributed by atoms with Crippen LogP contribution in [0.4, 0.5) is 10.3 Å². The van der Waals surface area contributed by atoms with Crippen LogP contribution >= 0.6 is 0 Å². The Morgan fingerprint density at radius 2 is 1.95 bits per heavy atom. The zero-order chi connectivity index (χ0) is 14.9. The number of rotatable bonds is 3. The zero-order valence-electron chi connectivity index (χ0n) is 12.8. The van der Waals surface area contributed by atoms with E-state index in [9.17, 15) is 4.39 Å². The molecule has 1 spiro atoms. The summed E-state index contributed by atoms with van der Waals surface area (Å²) in [4.78, 5) is 12.8. The molecular formula is C15H23FN4O. The van der Waals surface area contributed by atoms with E-state index < -0.39 is 0 Å². The van der Waals surface area contributed by atoms with Gasteiger partial charge in [-0.05, 0) is 32.7 Å². The summed E-state index contributed by atoms with van der Waals surface area (Å²) in [6.07, 6.45) is 7.12. The van der Waals surface area contributed by atoms with Gasteiger partial charge in [0.15, 0.2) is 5.82 Å². The van der Waals surface area contributed by atoms with Gasteiger partial charge in [-0.1, -0.05) is 0 Å². The zero-order valence-corrected chi connectivity index (χ0v) is 12.8. The summed E-state index contributed by atoms with van der Waals surface area (Å²) in [5.74, 6) is 0.255. The molecule has 2 aliphatic heterocycles. The number of piperidine rings is 1. The third-order valence-corrected chi connectivity index (χ3v) is 5.18. The van der Waals surface area contributed by atoms with E-state index in [0.717, 1.165) is 32.5 Å². The average Bonchev–Trinajstić information content (AvgIpc) is 2.79. The third-order valence-electron chi connectivity index (χ3n) is 5.18. The van der Waals surface area contributed by atoms with Crippen LogP contribution in [0.1, 0.15) is 25.7 Å². The SMILES string of the molecule is COC[C@H]1CCC2(CCN(c3ncc(F)cn3)CC2)N1C. The first-order chi connectivity index (χ1) is 10.1. The van der Waals surface area contributed by atoms with Crippen molar-refractivity contribution in [2.24, 2.45) is 0 Å². The van der Waals surface area contributed by atoms with Gasteiger partial charge in [-0.25, -0.2) is 14.4 Å². The lowest BCUT2D eigenvalue weighted by molar-refractivity contribution is 0.0606. The van der Waals surface area contributed by atoms with E-state index in [1.807, 2.05) is 0 Å². The maximum Gasteiger partial charge on any atom is 0.225 e. The topological polar surface area (TPSA) is 41.5 Å². The molecule has 21 heavy (non-hydrogen) atoms. The number of hydrogen-bond acceptors (Lipinski definition) is 5. The summed E-state index contributed by atoms with van der Waals surface area (Å²) in [5, 5.41) is 0. The monoisotopic (exact) mass is 294 g/mol. The molecule has 0 bridgehead atoms. The molecule has 5 nitrogen and oxygen atoms in total. The number of methoxy groups -OCH3 is 1. The molecule has 0 aliphatic carbocycles. The molecule has 1 atom stereocenters. The molecule has 1 aromatic rings. The molecule has 0 aromatic carbocycles. The molecule has 2 saturated heterocycles. The Bertz CT molecular complexity index is 473. The highest BCUT2D eigenvalue weighted by Gasteiger charge is 2.45. The molecule has 116 valence electrons. The van der Waals surface area contributed by atoms with Crippen molar-refractivity contribution in [2.75, 3.05) is 38.8 Å². The van der Waals surface area contributed by atoms with Crippen molar-refractivity contribution in [3.63, 3.8) is 0 Å². The minimum atomic E-state index is -0.384. The molecule has 2 fully saturated rings. The van der Waals surface area contributed by atoms with Crippen LogP contribution in [0.2, 0.25) is 0 Å². The van der Waals surface area contributed by atoms with Crippen molar-refractivity contribution in [1.82, 2.24) is 14.9 Å². The molecule has 0 radical (unpaired) electrons. The summed E-state index contributed by atoms with van der Waals surface area (Å²) in [6.45, 7) is 2.66. The van der Waals surface area contributed by atoms with Crippen molar-refractivity contribution in [3.05, 3.63) is 18.2 Å². The maximum atomic E-state index is 12.9. The maximum absolute atomic E-state index is 12.9. The van der Waals surface area contributed by atoms with Gasteiger partial charge in [0.1, 0.15) is 0 Å². The minimum Gasteiger partial charge on any atom is -0.383 e. The van der Waals surface area contributed by atoms with Gasteiger partial charge in [-0.2, -0.15) is 0 Å². The van der Waals surface area contributed by atoms with Crippen molar-refractivity contribution in [3.8, 4) is 0 Å². The smallest absolute Gasteiger partial charge is 0.225 e. The summed E-state index contributed by atoms with van der Waals surface area (Å²) >= 11 is 0. The fourth-order valence-electron chi connectivity index (χ4n) is 3.77. The molecule has 3 rings (SSSR count). The first-order valence-electron chi connectivity index (χ1n) is 7.59. The lowest BCUT2D eigenvalue weighted by atomic mass is 9.85. The number of likely N-dealkylation sites (tertiary alicyclic amines) is 1. The fraction of sp³-hybridized carbons (Fsp3) is 0.733. The Morgan fingerprint density at radius 1 is 1.29 bits per heavy atom. The molecule has 3 heterocycles. The number of ether oxygens (including phenoxy) is 1. The minimum absolute atomic E-state index is 0.291. The number of halogens is 1. The lowest BCUT2D eigenvalue weighted by Gasteiger charge is -2.45. The lowest BCUT2D eigenvalue weighted by Crippen LogP contribution is -2.53. The first-order valence-corrected chi connectivity index (χ1v) is 7.59. The second-order valence-electron chi connectivity index (χ2n) is 6.17. The number of anilines is 1. The molecular weight excluding hydrogens is 271 g/mol. The van der Waals surface area contributed by atoms with E-state index >= 15 is 0 Å². The molecule has 2 aliphatic rings. The van der Waals surface area contributed by atoms with Gasteiger partial charge in [0.25, 0.3) is 0 Å². The Balaban J connectivity index is 1.64. The molecule has 0 amide bonds. The fourth-order valence-corrected chi connectivity index (χ4v) is 3.77. The van der Waals surface area contributed by atoms with Crippen LogP contribution in [-0.4, -0.2) is 60.3 Å². The van der Waals surface area contributed by atoms with Gasteiger partial charge in [-0.15, -0.1) is 0 Å². The van der Waals surface area contributed by atoms with E-state index in [2.05, 4.69) is 26.8 Å². The molecule has 0 N–H and O–H groups in total. The van der Waals surface area contributed by atoms with Crippen molar-refractivity contribution < 1.29 is 9.13 Å². The third kappa shape index (κ3) is 2.74. The van der Waals surface area contributed by atoms with Crippen LogP contribution in [-0.2, 0) is 4.74 Å². The van der Waals surface area contributed by atoms with E-state index in [0.29, 0.717) is 17.5 Å². The second kappa shape index (κ2) is 5.85. The van der Waals surface area contributed by atoms with Gasteiger partial charge >= 0.3 is 0 Å². The number of likely N-dealkylation sites (N-methyl/N-ethyl adjacent to an activating group) is 1. The molecule has 0 unspecified atom stereocenters. The summed E-state index contributed by atoms with van der Waals surface area (Å²) < 4.78 is 18.2. The van der Waals surface area contributed by atoms with Crippen LogP contribution in [0.5, 0.6) is 0 Å². The van der Waals surface area contributed by atoms with Gasteiger partial charge in [0.05, 0.1) is 19.0 Å². The highest BCUT2D eigenvalue weighted by Crippen LogP contribution is 2.40. The summed E-state index contributed by atoms with van der Waals surface area (Å²) in [6, 6.07) is 0.531. The van der Waals surface area contributed by atoms with Crippen LogP contribution in [0.25, 0.3) is 0 Å². The Morgan fingerprint density at radius 3 is 2.57 bits per heavy atom. The van der Waals surface area contributed by atoms with E-state index in [4.69, 9.17) is 4.74 Å². The standard InChI is InChI=1S/C15H23FN4O/c1-19-13(11-21-2)3-4-15(19)5-7-20(8-6-15)14-17-9-12(16)10-18-14/h9-10,13H,3-8,11H2,1-2H3/t13-/m1/s1. The van der Waals surface area contributed by atoms with Crippen LogP contribution in [0.15, 0.2) is 12.4 Å². The van der Waals surface area contributed by atoms with Crippen LogP contribution in [0, 0.1) is 5.82 Å². The summed E-state index contributed by atoms with van der Waals surface area (Å²) in [7, 11) is 3.99. The largest absolute Gasteiger partial charge is 0.383 e. The van der Waals surface area contributed by atoms with Crippen LogP contribution < -0.4 is 4.90 Å². The van der Waals surface area contributed by atoms with Gasteiger partial charge < -0.3 is 9.64 Å². The predicted molar refractivity (Wildman–Crippen MR) is 78.8 cm³/mol. The average molecular weight is 294 g/mol. The van der Waals surface area contributed by atoms with E-state index in [1.165, 1.54) is 25.2 Å². The highest BCUT2D eigenvalue weighted by molar-refractivity contribution is 5.30. The highest BCUT2D eigenvalue weighted by atomic mass is 19.1. The van der Waals surface area contributed by atoms with Gasteiger partial charge in [0, 0.05) is 31.8 Å². The normalized spacial score (nSPS) is 25.7. The first kappa shape index (κ1) is 14.7. The van der Waals surface area contributed by atoms with Gasteiger partial charge in [0.2, 0.25) is 5.95 Å². The van der Waals surface area contributed by atoms with Crippen LogP contribution in [0.3, 0.4) is 0 Å². The number of hydrogen-bond donors (Lipinski definition) is 0. The molecule has 0 saturated carbocycles. The van der Waals surface area contributed by atoms with Crippen molar-refractivity contribution in [1.29, 1.82) is 0 Å². The van der Waals surface area contributed by atoms with E-state index in [1.54, 1.807) is 7.11 Å². The number of aromatic nitrogens is 2. The Labute approximate surface area is 125 Å². The summed E-state index contributed by atoms with van der Waals surface area (Å²) in [5.41, 5.74) is 0.291. The van der Waals surface area contributed by atoms with E-state index in [-0.39, 0.29) is 5.82 Å². The van der Waals surface area contributed by atoms with Crippen molar-refractivity contribution >= 4 is 5.95 Å². The quantitative estimate of drug-likeness (QED) is 0.848. The molecule has 1 aromatic heterocycles. The molecule has 6 heteroatoms. The Kier molecular flexibility index (Phi) is 4.08. The van der Waals surface area contributed by atoms with Crippen molar-refractivity contribution in [2.45, 2.75) is 37.3 Å².